The fraction of sp³-hybridized carbons (Fsp3) is 0.312. The first-order valence-electron chi connectivity index (χ1n) is 6.55. The van der Waals surface area contributed by atoms with E-state index in [4.69, 9.17) is 0 Å². The Morgan fingerprint density at radius 2 is 1.95 bits per heavy atom. The van der Waals surface area contributed by atoms with Crippen molar-refractivity contribution in [3.8, 4) is 0 Å². The number of rotatable bonds is 6. The lowest BCUT2D eigenvalue weighted by Gasteiger charge is -2.29. The van der Waals surface area contributed by atoms with Crippen LogP contribution in [0.1, 0.15) is 18.1 Å². The van der Waals surface area contributed by atoms with Gasteiger partial charge < -0.3 is 10.4 Å². The van der Waals surface area contributed by atoms with E-state index >= 15 is 0 Å². The highest BCUT2D eigenvalue weighted by atomic mass is 16.3. The summed E-state index contributed by atoms with van der Waals surface area (Å²) in [5.41, 5.74) is 1.90. The molecule has 0 spiro atoms. The summed E-state index contributed by atoms with van der Waals surface area (Å²) >= 11 is 0. The number of aliphatic hydroxyl groups excluding tert-OH is 1. The van der Waals surface area contributed by atoms with Crippen molar-refractivity contribution in [3.63, 3.8) is 0 Å². The van der Waals surface area contributed by atoms with Crippen LogP contribution in [0.5, 0.6) is 0 Å². The molecule has 0 aliphatic heterocycles. The average Bonchev–Trinajstić information content (AvgIpc) is 2.49. The molecule has 0 aliphatic rings. The molecule has 0 saturated heterocycles. The highest BCUT2D eigenvalue weighted by molar-refractivity contribution is 5.23. The minimum absolute atomic E-state index is 0.0735. The Bertz CT molecular complexity index is 487. The van der Waals surface area contributed by atoms with Gasteiger partial charge in [0.15, 0.2) is 0 Å². The molecule has 100 valence electrons. The molecule has 1 heterocycles. The molecule has 1 unspecified atom stereocenters. The lowest BCUT2D eigenvalue weighted by molar-refractivity contribution is 0.176. The quantitative estimate of drug-likeness (QED) is 0.832. The Balaban J connectivity index is 1.96. The molecule has 1 aromatic carbocycles. The van der Waals surface area contributed by atoms with Crippen molar-refractivity contribution in [2.45, 2.75) is 18.9 Å². The summed E-state index contributed by atoms with van der Waals surface area (Å²) in [5.74, 6) is 0. The summed E-state index contributed by atoms with van der Waals surface area (Å²) in [6, 6.07) is 14.0. The maximum Gasteiger partial charge on any atom is 0.0652 e. The molecular weight excluding hydrogens is 236 g/mol. The molecule has 3 nitrogen and oxygen atoms in total. The highest BCUT2D eigenvalue weighted by Crippen LogP contribution is 2.19. The predicted octanol–water partition coefficient (Wildman–Crippen LogP) is 2.12. The molecule has 2 aromatic rings. The van der Waals surface area contributed by atoms with Crippen molar-refractivity contribution < 1.29 is 5.11 Å². The van der Waals surface area contributed by atoms with Crippen molar-refractivity contribution in [3.05, 3.63) is 66.0 Å². The van der Waals surface area contributed by atoms with Gasteiger partial charge in [0.2, 0.25) is 0 Å². The molecule has 1 atom stereocenters. The van der Waals surface area contributed by atoms with Crippen LogP contribution >= 0.6 is 0 Å². The van der Waals surface area contributed by atoms with E-state index in [1.807, 2.05) is 49.5 Å². The fourth-order valence-corrected chi connectivity index (χ4v) is 2.08. The second-order valence-corrected chi connectivity index (χ2v) is 4.89. The van der Waals surface area contributed by atoms with Gasteiger partial charge in [0.1, 0.15) is 0 Å². The number of nitrogens with zero attached hydrogens (tertiary/aromatic N) is 1. The summed E-state index contributed by atoms with van der Waals surface area (Å²) in [4.78, 5) is 4.10. The summed E-state index contributed by atoms with van der Waals surface area (Å²) in [7, 11) is 0. The van der Waals surface area contributed by atoms with E-state index in [0.717, 1.165) is 18.5 Å². The van der Waals surface area contributed by atoms with Crippen LogP contribution in [0.4, 0.5) is 0 Å². The van der Waals surface area contributed by atoms with Gasteiger partial charge in [-0.25, -0.2) is 0 Å². The monoisotopic (exact) mass is 256 g/mol. The van der Waals surface area contributed by atoms with Gasteiger partial charge in [0, 0.05) is 18.9 Å². The Hall–Kier alpha value is -1.71. The van der Waals surface area contributed by atoms with Gasteiger partial charge in [0.25, 0.3) is 0 Å². The standard InChI is InChI=1S/C16H20N2O/c1-16(13-19,15-7-3-2-4-8-15)18-11-9-14-6-5-10-17-12-14/h2-8,10,12,18-19H,9,11,13H2,1H3. The van der Waals surface area contributed by atoms with Crippen molar-refractivity contribution in [1.29, 1.82) is 0 Å². The molecule has 0 bridgehead atoms. The second kappa shape index (κ2) is 6.45. The second-order valence-electron chi connectivity index (χ2n) is 4.89. The number of benzene rings is 1. The molecule has 0 radical (unpaired) electrons. The summed E-state index contributed by atoms with van der Waals surface area (Å²) in [6.07, 6.45) is 4.55. The van der Waals surface area contributed by atoms with Crippen LogP contribution in [-0.4, -0.2) is 23.2 Å². The third kappa shape index (κ3) is 3.63. The highest BCUT2D eigenvalue weighted by Gasteiger charge is 2.24. The van der Waals surface area contributed by atoms with Crippen molar-refractivity contribution in [2.75, 3.05) is 13.2 Å². The Morgan fingerprint density at radius 3 is 2.58 bits per heavy atom. The lowest BCUT2D eigenvalue weighted by atomic mass is 9.92. The Morgan fingerprint density at radius 1 is 1.16 bits per heavy atom. The zero-order valence-corrected chi connectivity index (χ0v) is 11.2. The SMILES string of the molecule is CC(CO)(NCCc1cccnc1)c1ccccc1. The van der Waals surface area contributed by atoms with Crippen LogP contribution in [0.15, 0.2) is 54.9 Å². The zero-order valence-electron chi connectivity index (χ0n) is 11.2. The van der Waals surface area contributed by atoms with Crippen LogP contribution in [0.25, 0.3) is 0 Å². The van der Waals surface area contributed by atoms with E-state index in [0.29, 0.717) is 0 Å². The molecule has 19 heavy (non-hydrogen) atoms. The first-order valence-corrected chi connectivity index (χ1v) is 6.55. The molecule has 0 amide bonds. The van der Waals surface area contributed by atoms with Gasteiger partial charge in [-0.3, -0.25) is 4.98 Å². The van der Waals surface area contributed by atoms with E-state index in [2.05, 4.69) is 16.4 Å². The molecule has 3 heteroatoms. The lowest BCUT2D eigenvalue weighted by Crippen LogP contribution is -2.43. The van der Waals surface area contributed by atoms with Crippen molar-refractivity contribution >= 4 is 0 Å². The van der Waals surface area contributed by atoms with Gasteiger partial charge in [-0.05, 0) is 30.5 Å². The van der Waals surface area contributed by atoms with E-state index < -0.39 is 5.54 Å². The smallest absolute Gasteiger partial charge is 0.0652 e. The summed E-state index contributed by atoms with van der Waals surface area (Å²) in [5, 5.41) is 13.1. The van der Waals surface area contributed by atoms with Crippen molar-refractivity contribution in [2.24, 2.45) is 0 Å². The number of nitrogens with one attached hydrogen (secondary N) is 1. The maximum atomic E-state index is 9.66. The first kappa shape index (κ1) is 13.7. The van der Waals surface area contributed by atoms with Gasteiger partial charge in [-0.2, -0.15) is 0 Å². The zero-order chi connectivity index (χ0) is 13.6. The van der Waals surface area contributed by atoms with Gasteiger partial charge in [-0.1, -0.05) is 36.4 Å². The number of pyridine rings is 1. The normalized spacial score (nSPS) is 14.0. The maximum absolute atomic E-state index is 9.66. The van der Waals surface area contributed by atoms with E-state index in [-0.39, 0.29) is 6.61 Å². The molecular formula is C16H20N2O. The molecule has 1 aromatic heterocycles. The minimum Gasteiger partial charge on any atom is -0.394 e. The summed E-state index contributed by atoms with van der Waals surface area (Å²) in [6.45, 7) is 2.90. The van der Waals surface area contributed by atoms with Crippen LogP contribution < -0.4 is 5.32 Å². The molecule has 2 N–H and O–H groups in total. The van der Waals surface area contributed by atoms with Gasteiger partial charge in [0.05, 0.1) is 12.1 Å². The van der Waals surface area contributed by atoms with Crippen LogP contribution in [0.2, 0.25) is 0 Å². The third-order valence-electron chi connectivity index (χ3n) is 3.38. The number of hydrogen-bond acceptors (Lipinski definition) is 3. The van der Waals surface area contributed by atoms with Gasteiger partial charge >= 0.3 is 0 Å². The molecule has 0 fully saturated rings. The van der Waals surface area contributed by atoms with E-state index in [9.17, 15) is 5.11 Å². The molecule has 0 saturated carbocycles. The largest absolute Gasteiger partial charge is 0.394 e. The fourth-order valence-electron chi connectivity index (χ4n) is 2.08. The Kier molecular flexibility index (Phi) is 4.66. The third-order valence-corrected chi connectivity index (χ3v) is 3.38. The van der Waals surface area contributed by atoms with Crippen molar-refractivity contribution in [1.82, 2.24) is 10.3 Å². The molecule has 2 rings (SSSR count). The average molecular weight is 256 g/mol. The van der Waals surface area contributed by atoms with Crippen LogP contribution in [0.3, 0.4) is 0 Å². The topological polar surface area (TPSA) is 45.1 Å². The number of aromatic nitrogens is 1. The van der Waals surface area contributed by atoms with E-state index in [1.54, 1.807) is 6.20 Å². The predicted molar refractivity (Wildman–Crippen MR) is 76.8 cm³/mol. The first-order chi connectivity index (χ1) is 9.24. The van der Waals surface area contributed by atoms with Crippen LogP contribution in [0, 0.1) is 0 Å². The van der Waals surface area contributed by atoms with Crippen LogP contribution in [-0.2, 0) is 12.0 Å². The van der Waals surface area contributed by atoms with Gasteiger partial charge in [-0.15, -0.1) is 0 Å². The summed E-state index contributed by atoms with van der Waals surface area (Å²) < 4.78 is 0. The minimum atomic E-state index is -0.399. The molecule has 0 aliphatic carbocycles. The van der Waals surface area contributed by atoms with E-state index in [1.165, 1.54) is 5.56 Å². The Labute approximate surface area is 114 Å². The number of aliphatic hydroxyl groups is 1. The number of hydrogen-bond donors (Lipinski definition) is 2.